The number of rotatable bonds is 4. The predicted octanol–water partition coefficient (Wildman–Crippen LogP) is 6.13. The van der Waals surface area contributed by atoms with Crippen LogP contribution >= 0.6 is 0 Å². The molecule has 0 aliphatic heterocycles. The van der Waals surface area contributed by atoms with Gasteiger partial charge in [0, 0.05) is 10.8 Å². The molecular formula is C21H16N4. The first-order valence-electron chi connectivity index (χ1n) is 8.06. The summed E-state index contributed by atoms with van der Waals surface area (Å²) in [4.78, 5) is 0. The molecule has 4 nitrogen and oxygen atoms in total. The molecule has 0 saturated heterocycles. The molecule has 1 N–H and O–H groups in total. The van der Waals surface area contributed by atoms with Gasteiger partial charge in [-0.05, 0) is 22.9 Å². The number of nitrogens with zero attached hydrogens (tertiary/aromatic N) is 3. The molecule has 0 aromatic heterocycles. The molecule has 25 heavy (non-hydrogen) atoms. The number of nitrogens with one attached hydrogen (secondary N) is 1. The molecule has 4 aromatic rings. The molecule has 0 unspecified atom stereocenters. The minimum absolute atomic E-state index is 0.828. The first-order chi connectivity index (χ1) is 12.4. The molecule has 0 heterocycles. The van der Waals surface area contributed by atoms with Crippen LogP contribution in [-0.2, 0) is 0 Å². The molecule has 0 aliphatic rings. The van der Waals surface area contributed by atoms with Crippen LogP contribution in [0.5, 0.6) is 0 Å². The van der Waals surface area contributed by atoms with Crippen molar-refractivity contribution in [2.75, 3.05) is 5.43 Å². The van der Waals surface area contributed by atoms with Crippen LogP contribution in [0.25, 0.3) is 21.5 Å². The van der Waals surface area contributed by atoms with Crippen molar-refractivity contribution in [1.29, 1.82) is 0 Å². The fourth-order valence-electron chi connectivity index (χ4n) is 2.83. The summed E-state index contributed by atoms with van der Waals surface area (Å²) in [5, 5.41) is 17.0. The van der Waals surface area contributed by atoms with E-state index in [1.54, 1.807) is 0 Å². The third-order valence-corrected chi connectivity index (χ3v) is 4.02. The van der Waals surface area contributed by atoms with E-state index in [0.29, 0.717) is 0 Å². The topological polar surface area (TPSA) is 49.1 Å². The van der Waals surface area contributed by atoms with E-state index in [2.05, 4.69) is 51.1 Å². The van der Waals surface area contributed by atoms with Crippen molar-refractivity contribution in [2.24, 2.45) is 15.3 Å². The number of hydrogen-bond acceptors (Lipinski definition) is 3. The van der Waals surface area contributed by atoms with Crippen molar-refractivity contribution in [2.45, 2.75) is 0 Å². The van der Waals surface area contributed by atoms with Gasteiger partial charge in [0.25, 0.3) is 0 Å². The van der Waals surface area contributed by atoms with Crippen LogP contribution in [0, 0.1) is 0 Å². The average molecular weight is 324 g/mol. The predicted molar refractivity (Wildman–Crippen MR) is 105 cm³/mol. The Bertz CT molecular complexity index is 1070. The Kier molecular flexibility index (Phi) is 4.16. The van der Waals surface area contributed by atoms with Gasteiger partial charge in [0.15, 0.2) is 6.34 Å². The Labute approximate surface area is 145 Å². The second-order valence-electron chi connectivity index (χ2n) is 5.60. The summed E-state index contributed by atoms with van der Waals surface area (Å²) in [6.07, 6.45) is 1.42. The van der Waals surface area contributed by atoms with Gasteiger partial charge in [-0.1, -0.05) is 72.8 Å². The fourth-order valence-corrected chi connectivity index (χ4v) is 2.83. The maximum absolute atomic E-state index is 4.26. The van der Waals surface area contributed by atoms with Crippen molar-refractivity contribution in [1.82, 2.24) is 0 Å². The summed E-state index contributed by atoms with van der Waals surface area (Å²) in [7, 11) is 0. The van der Waals surface area contributed by atoms with E-state index in [0.717, 1.165) is 27.5 Å². The van der Waals surface area contributed by atoms with Crippen LogP contribution in [0.1, 0.15) is 0 Å². The molecule has 0 amide bonds. The number of hydrogen-bond donors (Lipinski definition) is 1. The highest BCUT2D eigenvalue weighted by atomic mass is 15.3. The molecule has 0 spiro atoms. The highest BCUT2D eigenvalue weighted by Gasteiger charge is 1.98. The van der Waals surface area contributed by atoms with Gasteiger partial charge in [-0.3, -0.25) is 5.43 Å². The molecule has 120 valence electrons. The second-order valence-corrected chi connectivity index (χ2v) is 5.60. The Morgan fingerprint density at radius 2 is 1.28 bits per heavy atom. The van der Waals surface area contributed by atoms with Crippen LogP contribution in [0.4, 0.5) is 11.4 Å². The Morgan fingerprint density at radius 1 is 0.640 bits per heavy atom. The monoisotopic (exact) mass is 324 g/mol. The minimum atomic E-state index is 0.828. The van der Waals surface area contributed by atoms with Gasteiger partial charge in [0.05, 0.1) is 11.4 Å². The average Bonchev–Trinajstić information content (AvgIpc) is 2.68. The summed E-state index contributed by atoms with van der Waals surface area (Å²) in [5.41, 5.74) is 4.79. The van der Waals surface area contributed by atoms with Gasteiger partial charge in [-0.2, -0.15) is 5.10 Å². The van der Waals surface area contributed by atoms with Crippen LogP contribution in [0.3, 0.4) is 0 Å². The Balaban J connectivity index is 1.51. The van der Waals surface area contributed by atoms with E-state index in [-0.39, 0.29) is 0 Å². The van der Waals surface area contributed by atoms with Crippen molar-refractivity contribution in [3.05, 3.63) is 84.9 Å². The molecule has 4 heteroatoms. The largest absolute Gasteiger partial charge is 0.276 e. The van der Waals surface area contributed by atoms with Crippen molar-refractivity contribution in [3.63, 3.8) is 0 Å². The van der Waals surface area contributed by atoms with Crippen molar-refractivity contribution < 1.29 is 0 Å². The normalized spacial score (nSPS) is 11.7. The summed E-state index contributed by atoms with van der Waals surface area (Å²) in [5.74, 6) is 0. The summed E-state index contributed by atoms with van der Waals surface area (Å²) in [6, 6.07) is 28.3. The zero-order chi connectivity index (χ0) is 16.9. The molecule has 0 radical (unpaired) electrons. The Morgan fingerprint density at radius 3 is 2.12 bits per heavy atom. The van der Waals surface area contributed by atoms with Crippen LogP contribution in [-0.4, -0.2) is 6.34 Å². The molecular weight excluding hydrogens is 308 g/mol. The number of hydrazone groups is 1. The molecule has 0 atom stereocenters. The molecule has 0 saturated carbocycles. The van der Waals surface area contributed by atoms with Gasteiger partial charge < -0.3 is 0 Å². The number of fused-ring (bicyclic) bond motifs is 2. The van der Waals surface area contributed by atoms with Crippen molar-refractivity contribution in [3.8, 4) is 0 Å². The summed E-state index contributed by atoms with van der Waals surface area (Å²) < 4.78 is 0. The van der Waals surface area contributed by atoms with Crippen LogP contribution < -0.4 is 5.43 Å². The van der Waals surface area contributed by atoms with E-state index < -0.39 is 0 Å². The summed E-state index contributed by atoms with van der Waals surface area (Å²) >= 11 is 0. The van der Waals surface area contributed by atoms with Gasteiger partial charge in [-0.25, -0.2) is 0 Å². The van der Waals surface area contributed by atoms with Crippen LogP contribution in [0.15, 0.2) is 100 Å². The quantitative estimate of drug-likeness (QED) is 0.209. The van der Waals surface area contributed by atoms with Gasteiger partial charge in [-0.15, -0.1) is 10.2 Å². The molecule has 0 aliphatic carbocycles. The maximum Gasteiger partial charge on any atom is 0.158 e. The zero-order valence-electron chi connectivity index (χ0n) is 13.5. The smallest absolute Gasteiger partial charge is 0.158 e. The number of anilines is 1. The second kappa shape index (κ2) is 6.93. The van der Waals surface area contributed by atoms with Gasteiger partial charge >= 0.3 is 0 Å². The van der Waals surface area contributed by atoms with E-state index in [1.807, 2.05) is 54.6 Å². The highest BCUT2D eigenvalue weighted by Crippen LogP contribution is 2.25. The molecule has 0 bridgehead atoms. The third-order valence-electron chi connectivity index (χ3n) is 4.02. The highest BCUT2D eigenvalue weighted by molar-refractivity contribution is 5.94. The lowest BCUT2D eigenvalue weighted by Gasteiger charge is -2.04. The number of azo groups is 1. The van der Waals surface area contributed by atoms with Crippen LogP contribution in [0.2, 0.25) is 0 Å². The first-order valence-corrected chi connectivity index (χ1v) is 8.06. The molecule has 0 fully saturated rings. The lowest BCUT2D eigenvalue weighted by atomic mass is 10.1. The number of benzene rings is 4. The maximum atomic E-state index is 4.26. The van der Waals surface area contributed by atoms with Crippen molar-refractivity contribution >= 4 is 39.3 Å². The van der Waals surface area contributed by atoms with Gasteiger partial charge in [0.1, 0.15) is 0 Å². The zero-order valence-corrected chi connectivity index (χ0v) is 13.5. The minimum Gasteiger partial charge on any atom is -0.276 e. The van der Waals surface area contributed by atoms with E-state index in [1.165, 1.54) is 11.7 Å². The SMILES string of the molecule is C(/N=Nc1cccc2ccccc12)=N\Nc1cccc2ccccc12. The molecule has 4 rings (SSSR count). The van der Waals surface area contributed by atoms with E-state index >= 15 is 0 Å². The standard InChI is InChI=1S/C21H16N4/c1-3-11-18-16(7-1)9-5-13-20(18)24-22-15-23-25-21-14-6-10-17-8-2-4-12-19(17)21/h1-15,24H/b22-15+,25-23?. The van der Waals surface area contributed by atoms with Gasteiger partial charge in [0.2, 0.25) is 0 Å². The first kappa shape index (κ1) is 15.0. The van der Waals surface area contributed by atoms with E-state index in [4.69, 9.17) is 0 Å². The lowest BCUT2D eigenvalue weighted by Crippen LogP contribution is -1.89. The lowest BCUT2D eigenvalue weighted by molar-refractivity contribution is 1.27. The van der Waals surface area contributed by atoms with E-state index in [9.17, 15) is 0 Å². The fraction of sp³-hybridized carbons (Fsp3) is 0. The molecule has 4 aromatic carbocycles. The summed E-state index contributed by atoms with van der Waals surface area (Å²) in [6.45, 7) is 0. The Hall–Kier alpha value is -3.53. The third kappa shape index (κ3) is 3.23.